The molecule has 0 aliphatic carbocycles. The monoisotopic (exact) mass is 226 g/mol. The van der Waals surface area contributed by atoms with Crippen molar-refractivity contribution in [3.05, 3.63) is 25.3 Å². The molecule has 0 aromatic heterocycles. The smallest absolute Gasteiger partial charge is 0.248 e. The summed E-state index contributed by atoms with van der Waals surface area (Å²) in [5.74, 6) is 0. The molecule has 4 heteroatoms. The first-order valence-corrected chi connectivity index (χ1v) is 5.26. The molecule has 0 aromatic rings. The van der Waals surface area contributed by atoms with E-state index in [2.05, 4.69) is 27.0 Å². The molecule has 0 saturated carbocycles. The van der Waals surface area contributed by atoms with E-state index in [9.17, 15) is 9.59 Å². The minimum atomic E-state index is -0.241. The third kappa shape index (κ3) is 6.01. The number of carbonyl (C=O) groups excluding carboxylic acids is 2. The maximum absolute atomic E-state index is 10.4. The van der Waals surface area contributed by atoms with Crippen LogP contribution in [-0.2, 0) is 0 Å². The maximum Gasteiger partial charge on any atom is 0.335 e. The van der Waals surface area contributed by atoms with Crippen molar-refractivity contribution < 1.29 is 9.59 Å². The molecule has 16 heavy (non-hydrogen) atoms. The number of hydrogen-bond acceptors (Lipinski definition) is 2. The number of urea groups is 2. The molecule has 1 heterocycles. The van der Waals surface area contributed by atoms with Gasteiger partial charge >= 0.3 is 12.1 Å². The Kier molecular flexibility index (Phi) is 10.5. The standard InChI is InChI=1S/C4H6N2O2.C4H10.C4H6/c1-5-3(7)6(2)4(5)8;2*1-3-4-2/h1-2H3;3-4H2,1-2H3;3-4H,1-2H2. The zero-order chi connectivity index (χ0) is 13.1. The van der Waals surface area contributed by atoms with E-state index in [1.807, 2.05) is 0 Å². The molecule has 4 nitrogen and oxygen atoms in total. The predicted octanol–water partition coefficient (Wildman–Crippen LogP) is 3.27. The lowest BCUT2D eigenvalue weighted by Crippen LogP contribution is -2.59. The van der Waals surface area contributed by atoms with E-state index in [0.717, 1.165) is 9.80 Å². The van der Waals surface area contributed by atoms with Crippen molar-refractivity contribution >= 4 is 12.1 Å². The molecule has 1 rings (SSSR count). The van der Waals surface area contributed by atoms with Crippen LogP contribution in [0.25, 0.3) is 0 Å². The Hall–Kier alpha value is -1.58. The summed E-state index contributed by atoms with van der Waals surface area (Å²) in [6.07, 6.45) is 5.92. The Bertz CT molecular complexity index is 211. The van der Waals surface area contributed by atoms with Crippen LogP contribution in [0.5, 0.6) is 0 Å². The van der Waals surface area contributed by atoms with Gasteiger partial charge in [-0.2, -0.15) is 0 Å². The molecule has 0 aromatic carbocycles. The van der Waals surface area contributed by atoms with Gasteiger partial charge in [0.2, 0.25) is 0 Å². The number of allylic oxidation sites excluding steroid dienone is 2. The van der Waals surface area contributed by atoms with E-state index in [1.54, 1.807) is 12.2 Å². The average molecular weight is 226 g/mol. The van der Waals surface area contributed by atoms with Gasteiger partial charge in [0.15, 0.2) is 0 Å². The van der Waals surface area contributed by atoms with Crippen molar-refractivity contribution in [3.63, 3.8) is 0 Å². The first-order valence-electron chi connectivity index (χ1n) is 5.26. The average Bonchev–Trinajstić information content (AvgIpc) is 2.36. The number of carbonyl (C=O) groups is 2. The van der Waals surface area contributed by atoms with Gasteiger partial charge in [-0.25, -0.2) is 19.4 Å². The Labute approximate surface area is 98.2 Å². The van der Waals surface area contributed by atoms with Crippen molar-refractivity contribution in [2.24, 2.45) is 0 Å². The molecule has 0 radical (unpaired) electrons. The Morgan fingerprint density at radius 1 is 0.938 bits per heavy atom. The Morgan fingerprint density at radius 2 is 1.19 bits per heavy atom. The fraction of sp³-hybridized carbons (Fsp3) is 0.500. The second kappa shape index (κ2) is 9.96. The summed E-state index contributed by atoms with van der Waals surface area (Å²) < 4.78 is 0. The molecule has 1 aliphatic rings. The van der Waals surface area contributed by atoms with E-state index in [-0.39, 0.29) is 12.1 Å². The number of imide groups is 2. The number of hydrogen-bond donors (Lipinski definition) is 0. The summed E-state index contributed by atoms with van der Waals surface area (Å²) >= 11 is 0. The molecule has 4 amide bonds. The number of unbranched alkanes of at least 4 members (excludes halogenated alkanes) is 1. The van der Waals surface area contributed by atoms with Gasteiger partial charge in [0.25, 0.3) is 0 Å². The summed E-state index contributed by atoms with van der Waals surface area (Å²) in [7, 11) is 2.90. The number of amides is 4. The molecule has 1 fully saturated rings. The topological polar surface area (TPSA) is 40.6 Å². The maximum atomic E-state index is 10.4. The van der Waals surface area contributed by atoms with Crippen molar-refractivity contribution in [1.29, 1.82) is 0 Å². The van der Waals surface area contributed by atoms with Gasteiger partial charge in [-0.05, 0) is 0 Å². The van der Waals surface area contributed by atoms with E-state index >= 15 is 0 Å². The normalized spacial score (nSPS) is 12.8. The Balaban J connectivity index is 0. The molecule has 0 bridgehead atoms. The van der Waals surface area contributed by atoms with Crippen molar-refractivity contribution in [2.45, 2.75) is 26.7 Å². The molecular weight excluding hydrogens is 204 g/mol. The molecular formula is C12H22N2O2. The van der Waals surface area contributed by atoms with Gasteiger partial charge in [-0.15, -0.1) is 0 Å². The highest BCUT2D eigenvalue weighted by atomic mass is 16.2. The van der Waals surface area contributed by atoms with Gasteiger partial charge in [0.1, 0.15) is 0 Å². The lowest BCUT2D eigenvalue weighted by Gasteiger charge is -2.32. The predicted molar refractivity (Wildman–Crippen MR) is 67.3 cm³/mol. The second-order valence-corrected chi connectivity index (χ2v) is 3.15. The van der Waals surface area contributed by atoms with Gasteiger partial charge in [0, 0.05) is 14.1 Å². The van der Waals surface area contributed by atoms with Gasteiger partial charge in [-0.3, -0.25) is 0 Å². The zero-order valence-corrected chi connectivity index (χ0v) is 10.7. The van der Waals surface area contributed by atoms with E-state index in [0.29, 0.717) is 0 Å². The highest BCUT2D eigenvalue weighted by Crippen LogP contribution is 2.08. The first-order chi connectivity index (χ1) is 7.47. The van der Waals surface area contributed by atoms with Crippen LogP contribution >= 0.6 is 0 Å². The van der Waals surface area contributed by atoms with Crippen LogP contribution in [0.1, 0.15) is 26.7 Å². The van der Waals surface area contributed by atoms with Crippen molar-refractivity contribution in [2.75, 3.05) is 14.1 Å². The minimum absolute atomic E-state index is 0.241. The largest absolute Gasteiger partial charge is 0.335 e. The van der Waals surface area contributed by atoms with E-state index < -0.39 is 0 Å². The second-order valence-electron chi connectivity index (χ2n) is 3.15. The van der Waals surface area contributed by atoms with Crippen LogP contribution in [0.3, 0.4) is 0 Å². The molecule has 1 saturated heterocycles. The lowest BCUT2D eigenvalue weighted by molar-refractivity contribution is 0.125. The minimum Gasteiger partial charge on any atom is -0.248 e. The zero-order valence-electron chi connectivity index (χ0n) is 10.7. The third-order valence-corrected chi connectivity index (χ3v) is 1.81. The lowest BCUT2D eigenvalue weighted by atomic mass is 10.4. The highest BCUT2D eigenvalue weighted by molar-refractivity contribution is 6.11. The van der Waals surface area contributed by atoms with Crippen LogP contribution in [0.4, 0.5) is 9.59 Å². The molecule has 0 atom stereocenters. The summed E-state index contributed by atoms with van der Waals surface area (Å²) in [5, 5.41) is 0. The number of rotatable bonds is 2. The van der Waals surface area contributed by atoms with Crippen LogP contribution in [0, 0.1) is 0 Å². The highest BCUT2D eigenvalue weighted by Gasteiger charge is 2.36. The summed E-state index contributed by atoms with van der Waals surface area (Å²) in [6.45, 7) is 11.1. The van der Waals surface area contributed by atoms with Crippen LogP contribution in [0.2, 0.25) is 0 Å². The van der Waals surface area contributed by atoms with Crippen molar-refractivity contribution in [3.8, 4) is 0 Å². The first kappa shape index (κ1) is 16.8. The number of nitrogens with zero attached hydrogens (tertiary/aromatic N) is 2. The van der Waals surface area contributed by atoms with E-state index in [1.165, 1.54) is 26.9 Å². The van der Waals surface area contributed by atoms with Gasteiger partial charge < -0.3 is 0 Å². The molecule has 0 N–H and O–H groups in total. The quantitative estimate of drug-likeness (QED) is 0.678. The summed E-state index contributed by atoms with van der Waals surface area (Å²) in [5.41, 5.74) is 0. The van der Waals surface area contributed by atoms with E-state index in [4.69, 9.17) is 0 Å². The third-order valence-electron chi connectivity index (χ3n) is 1.81. The van der Waals surface area contributed by atoms with Crippen LogP contribution in [-0.4, -0.2) is 36.0 Å². The van der Waals surface area contributed by atoms with Crippen molar-refractivity contribution in [1.82, 2.24) is 9.80 Å². The molecule has 0 unspecified atom stereocenters. The molecule has 1 aliphatic heterocycles. The summed E-state index contributed by atoms with van der Waals surface area (Å²) in [6, 6.07) is -0.481. The van der Waals surface area contributed by atoms with Gasteiger partial charge in [-0.1, -0.05) is 52.0 Å². The van der Waals surface area contributed by atoms with Crippen LogP contribution < -0.4 is 0 Å². The molecule has 92 valence electrons. The fourth-order valence-electron chi connectivity index (χ4n) is 0.569. The SMILES string of the molecule is C=CC=C.CCCC.CN1C(=O)N(C)C1=O. The van der Waals surface area contributed by atoms with Gasteiger partial charge in [0.05, 0.1) is 0 Å². The summed E-state index contributed by atoms with van der Waals surface area (Å²) in [4.78, 5) is 22.9. The van der Waals surface area contributed by atoms with Crippen LogP contribution in [0.15, 0.2) is 25.3 Å². The fourth-order valence-corrected chi connectivity index (χ4v) is 0.569. The molecule has 0 spiro atoms. The Morgan fingerprint density at radius 3 is 1.25 bits per heavy atom.